The van der Waals surface area contributed by atoms with Gasteiger partial charge in [-0.1, -0.05) is 13.0 Å². The molecule has 1 aromatic carbocycles. The van der Waals surface area contributed by atoms with Gasteiger partial charge in [-0.3, -0.25) is 14.5 Å². The monoisotopic (exact) mass is 308 g/mol. The highest BCUT2D eigenvalue weighted by Gasteiger charge is 2.33. The van der Waals surface area contributed by atoms with Crippen LogP contribution in [0, 0.1) is 17.7 Å². The van der Waals surface area contributed by atoms with Crippen LogP contribution in [0.25, 0.3) is 0 Å². The molecule has 1 fully saturated rings. The number of carbonyl (C=O) groups excluding carboxylic acids is 1. The molecule has 22 heavy (non-hydrogen) atoms. The molecule has 1 amide bonds. The minimum absolute atomic E-state index is 0.222. The van der Waals surface area contributed by atoms with E-state index in [4.69, 9.17) is 0 Å². The highest BCUT2D eigenvalue weighted by Crippen LogP contribution is 2.24. The molecule has 1 heterocycles. The van der Waals surface area contributed by atoms with Gasteiger partial charge in [0.2, 0.25) is 5.91 Å². The second kappa shape index (κ2) is 6.87. The fraction of sp³-hybridized carbons (Fsp3) is 0.500. The van der Waals surface area contributed by atoms with E-state index in [0.29, 0.717) is 25.2 Å². The van der Waals surface area contributed by atoms with Crippen molar-refractivity contribution in [3.8, 4) is 0 Å². The largest absolute Gasteiger partial charge is 0.481 e. The summed E-state index contributed by atoms with van der Waals surface area (Å²) < 4.78 is 13.1. The highest BCUT2D eigenvalue weighted by atomic mass is 19.1. The van der Waals surface area contributed by atoms with Gasteiger partial charge in [0.05, 0.1) is 12.0 Å². The van der Waals surface area contributed by atoms with Crippen LogP contribution in [0.15, 0.2) is 24.3 Å². The van der Waals surface area contributed by atoms with Crippen molar-refractivity contribution in [1.82, 2.24) is 4.90 Å². The van der Waals surface area contributed by atoms with Crippen LogP contribution < -0.4 is 5.32 Å². The molecule has 1 aliphatic rings. The number of carboxylic acid groups (broad SMARTS) is 1. The molecule has 0 bridgehead atoms. The molecule has 0 saturated carbocycles. The molecule has 0 spiro atoms. The van der Waals surface area contributed by atoms with Crippen LogP contribution in [0.5, 0.6) is 0 Å². The third kappa shape index (κ3) is 4.04. The summed E-state index contributed by atoms with van der Waals surface area (Å²) in [5.74, 6) is -1.73. The van der Waals surface area contributed by atoms with Gasteiger partial charge >= 0.3 is 5.97 Å². The molecule has 0 aromatic heterocycles. The molecule has 0 aliphatic carbocycles. The van der Waals surface area contributed by atoms with Crippen LogP contribution in [0.3, 0.4) is 0 Å². The Bertz CT molecular complexity index is 564. The van der Waals surface area contributed by atoms with E-state index in [1.165, 1.54) is 18.2 Å². The van der Waals surface area contributed by atoms with Crippen LogP contribution in [0.4, 0.5) is 10.1 Å². The Hall–Kier alpha value is -1.95. The summed E-state index contributed by atoms with van der Waals surface area (Å²) in [6, 6.07) is 5.24. The average molecular weight is 308 g/mol. The second-order valence-electron chi connectivity index (χ2n) is 6.01. The first-order chi connectivity index (χ1) is 10.4. The Labute approximate surface area is 129 Å². The highest BCUT2D eigenvalue weighted by molar-refractivity contribution is 5.94. The van der Waals surface area contributed by atoms with Crippen LogP contribution in [0.1, 0.15) is 20.3 Å². The molecule has 120 valence electrons. The van der Waals surface area contributed by atoms with Gasteiger partial charge in [0.1, 0.15) is 5.82 Å². The molecule has 2 N–H and O–H groups in total. The fourth-order valence-electron chi connectivity index (χ4n) is 2.87. The molecule has 1 aliphatic heterocycles. The SMILES string of the molecule is CC1CC(C(=O)O)CN(C(C)C(=O)Nc2cccc(F)c2)C1. The van der Waals surface area contributed by atoms with Crippen molar-refractivity contribution >= 4 is 17.6 Å². The maximum absolute atomic E-state index is 13.1. The number of carbonyl (C=O) groups is 2. The molecule has 6 heteroatoms. The zero-order valence-corrected chi connectivity index (χ0v) is 12.8. The van der Waals surface area contributed by atoms with Gasteiger partial charge in [-0.2, -0.15) is 0 Å². The molecular formula is C16H21FN2O3. The number of benzene rings is 1. The Kier molecular flexibility index (Phi) is 5.13. The maximum Gasteiger partial charge on any atom is 0.307 e. The normalized spacial score (nSPS) is 23.8. The number of amides is 1. The number of rotatable bonds is 4. The number of hydrogen-bond acceptors (Lipinski definition) is 3. The second-order valence-corrected chi connectivity index (χ2v) is 6.01. The van der Waals surface area contributed by atoms with Gasteiger partial charge in [0, 0.05) is 18.8 Å². The van der Waals surface area contributed by atoms with Gasteiger partial charge < -0.3 is 10.4 Å². The number of hydrogen-bond donors (Lipinski definition) is 2. The number of piperidine rings is 1. The first-order valence-corrected chi connectivity index (χ1v) is 7.40. The summed E-state index contributed by atoms with van der Waals surface area (Å²) >= 11 is 0. The topological polar surface area (TPSA) is 69.6 Å². The van der Waals surface area contributed by atoms with Crippen LogP contribution >= 0.6 is 0 Å². The number of anilines is 1. The molecule has 3 unspecified atom stereocenters. The number of nitrogens with zero attached hydrogens (tertiary/aromatic N) is 1. The lowest BCUT2D eigenvalue weighted by Crippen LogP contribution is -2.50. The summed E-state index contributed by atoms with van der Waals surface area (Å²) in [5.41, 5.74) is 0.400. The van der Waals surface area contributed by atoms with E-state index in [-0.39, 0.29) is 11.8 Å². The van der Waals surface area contributed by atoms with E-state index < -0.39 is 23.7 Å². The molecule has 2 rings (SSSR count). The lowest BCUT2D eigenvalue weighted by Gasteiger charge is -2.37. The van der Waals surface area contributed by atoms with E-state index in [0.717, 1.165) is 0 Å². The van der Waals surface area contributed by atoms with Gasteiger partial charge in [0.15, 0.2) is 0 Å². The minimum atomic E-state index is -0.825. The van der Waals surface area contributed by atoms with Crippen molar-refractivity contribution < 1.29 is 19.1 Å². The van der Waals surface area contributed by atoms with Crippen molar-refractivity contribution in [3.05, 3.63) is 30.1 Å². The smallest absolute Gasteiger partial charge is 0.307 e. The maximum atomic E-state index is 13.1. The third-order valence-electron chi connectivity index (χ3n) is 4.06. The first kappa shape index (κ1) is 16.4. The molecule has 3 atom stereocenters. The number of nitrogens with one attached hydrogen (secondary N) is 1. The van der Waals surface area contributed by atoms with Gasteiger partial charge in [-0.15, -0.1) is 0 Å². The van der Waals surface area contributed by atoms with Crippen LogP contribution in [-0.2, 0) is 9.59 Å². The van der Waals surface area contributed by atoms with Crippen LogP contribution in [-0.4, -0.2) is 41.0 Å². The van der Waals surface area contributed by atoms with Crippen molar-refractivity contribution in [3.63, 3.8) is 0 Å². The summed E-state index contributed by atoms with van der Waals surface area (Å²) in [5, 5.41) is 11.9. The summed E-state index contributed by atoms with van der Waals surface area (Å²) in [6.45, 7) is 4.77. The minimum Gasteiger partial charge on any atom is -0.481 e. The molecular weight excluding hydrogens is 287 g/mol. The zero-order chi connectivity index (χ0) is 16.3. The van der Waals surface area contributed by atoms with E-state index in [1.54, 1.807) is 13.0 Å². The van der Waals surface area contributed by atoms with E-state index >= 15 is 0 Å². The fourth-order valence-corrected chi connectivity index (χ4v) is 2.87. The predicted octanol–water partition coefficient (Wildman–Crippen LogP) is 2.20. The number of carboxylic acids is 1. The molecule has 1 saturated heterocycles. The zero-order valence-electron chi connectivity index (χ0n) is 12.8. The van der Waals surface area contributed by atoms with Crippen molar-refractivity contribution in [1.29, 1.82) is 0 Å². The Morgan fingerprint density at radius 1 is 1.41 bits per heavy atom. The molecule has 1 aromatic rings. The van der Waals surface area contributed by atoms with Crippen LogP contribution in [0.2, 0.25) is 0 Å². The first-order valence-electron chi connectivity index (χ1n) is 7.40. The Balaban J connectivity index is 2.01. The van der Waals surface area contributed by atoms with Crippen molar-refractivity contribution in [2.45, 2.75) is 26.3 Å². The standard InChI is InChI=1S/C16H21FN2O3/c1-10-6-12(16(21)22)9-19(8-10)11(2)15(20)18-14-5-3-4-13(17)7-14/h3-5,7,10-12H,6,8-9H2,1-2H3,(H,18,20)(H,21,22). The van der Waals surface area contributed by atoms with Gasteiger partial charge in [0.25, 0.3) is 0 Å². The lowest BCUT2D eigenvalue weighted by atomic mass is 9.89. The summed E-state index contributed by atoms with van der Waals surface area (Å²) in [6.07, 6.45) is 0.629. The molecule has 5 nitrogen and oxygen atoms in total. The predicted molar refractivity (Wildman–Crippen MR) is 81.0 cm³/mol. The average Bonchev–Trinajstić information content (AvgIpc) is 2.45. The lowest BCUT2D eigenvalue weighted by molar-refractivity contribution is -0.145. The van der Waals surface area contributed by atoms with E-state index in [2.05, 4.69) is 5.32 Å². The number of halogens is 1. The summed E-state index contributed by atoms with van der Waals surface area (Å²) in [4.78, 5) is 25.4. The van der Waals surface area contributed by atoms with Crippen molar-refractivity contribution in [2.75, 3.05) is 18.4 Å². The molecule has 0 radical (unpaired) electrons. The van der Waals surface area contributed by atoms with Gasteiger partial charge in [-0.05, 0) is 37.5 Å². The third-order valence-corrected chi connectivity index (χ3v) is 4.06. The Morgan fingerprint density at radius 2 is 2.14 bits per heavy atom. The quantitative estimate of drug-likeness (QED) is 0.894. The van der Waals surface area contributed by atoms with Crippen molar-refractivity contribution in [2.24, 2.45) is 11.8 Å². The van der Waals surface area contributed by atoms with Gasteiger partial charge in [-0.25, -0.2) is 4.39 Å². The number of aliphatic carboxylic acids is 1. The summed E-state index contributed by atoms with van der Waals surface area (Å²) in [7, 11) is 0. The van der Waals surface area contributed by atoms with E-state index in [1.807, 2.05) is 11.8 Å². The Morgan fingerprint density at radius 3 is 2.77 bits per heavy atom. The number of likely N-dealkylation sites (tertiary alicyclic amines) is 1. The van der Waals surface area contributed by atoms with E-state index in [9.17, 15) is 19.1 Å².